The molecule has 0 saturated carbocycles. The third-order valence-electron chi connectivity index (χ3n) is 6.94. The number of tetrazole rings is 1. The average Bonchev–Trinajstić information content (AvgIpc) is 3.50. The Labute approximate surface area is 211 Å². The van der Waals surface area contributed by atoms with Crippen LogP contribution in [0.2, 0.25) is 0 Å². The summed E-state index contributed by atoms with van der Waals surface area (Å²) >= 11 is 1.73. The van der Waals surface area contributed by atoms with E-state index in [4.69, 9.17) is 0 Å². The molecule has 186 valence electrons. The number of aryl methyl sites for hydroxylation is 2. The molecule has 1 N–H and O–H groups in total. The van der Waals surface area contributed by atoms with E-state index in [1.807, 2.05) is 10.7 Å². The van der Waals surface area contributed by atoms with Gasteiger partial charge in [-0.15, -0.1) is 16.4 Å². The maximum atomic E-state index is 13.2. The Morgan fingerprint density at radius 2 is 1.97 bits per heavy atom. The number of benzene rings is 1. The highest BCUT2D eigenvalue weighted by Gasteiger charge is 2.31. The number of fused-ring (bicyclic) bond motifs is 1. The fraction of sp³-hybridized carbons (Fsp3) is 0.481. The molecular weight excluding hydrogens is 456 g/mol. The fourth-order valence-corrected chi connectivity index (χ4v) is 5.39. The molecule has 0 radical (unpaired) electrons. The molecule has 3 aromatic heterocycles. The van der Waals surface area contributed by atoms with E-state index in [9.17, 15) is 4.79 Å². The second-order valence-corrected chi connectivity index (χ2v) is 11.1. The molecule has 3 heterocycles. The number of nitrogens with one attached hydrogen (secondary N) is 1. The third kappa shape index (κ3) is 5.38. The minimum Gasteiger partial charge on any atom is -0.322 e. The highest BCUT2D eigenvalue weighted by atomic mass is 32.1. The Morgan fingerprint density at radius 1 is 1.17 bits per heavy atom. The minimum atomic E-state index is -0.200. The summed E-state index contributed by atoms with van der Waals surface area (Å²) in [5.74, 6) is 0.860. The Hall–Kier alpha value is -2.84. The van der Waals surface area contributed by atoms with Crippen LogP contribution in [0.15, 0.2) is 40.5 Å². The Kier molecular flexibility index (Phi) is 7.52. The molecule has 0 aliphatic heterocycles. The molecule has 4 aromatic rings. The van der Waals surface area contributed by atoms with Crippen molar-refractivity contribution in [2.75, 3.05) is 0 Å². The van der Waals surface area contributed by atoms with Gasteiger partial charge in [0, 0.05) is 34.4 Å². The Bertz CT molecular complexity index is 1340. The van der Waals surface area contributed by atoms with Gasteiger partial charge in [0.1, 0.15) is 0 Å². The molecule has 0 unspecified atom stereocenters. The number of hydrogen-bond donors (Lipinski definition) is 1. The van der Waals surface area contributed by atoms with Gasteiger partial charge in [0.15, 0.2) is 5.82 Å². The molecule has 0 amide bonds. The van der Waals surface area contributed by atoms with Crippen molar-refractivity contribution >= 4 is 22.2 Å². The summed E-state index contributed by atoms with van der Waals surface area (Å²) < 4.78 is 1.98. The zero-order chi connectivity index (χ0) is 25.2. The van der Waals surface area contributed by atoms with Crippen molar-refractivity contribution in [1.82, 2.24) is 30.1 Å². The first-order valence-corrected chi connectivity index (χ1v) is 13.3. The lowest BCUT2D eigenvalue weighted by Gasteiger charge is -2.33. The van der Waals surface area contributed by atoms with Crippen LogP contribution < -0.4 is 5.56 Å². The molecule has 0 aliphatic rings. The van der Waals surface area contributed by atoms with E-state index in [1.165, 1.54) is 10.4 Å². The van der Waals surface area contributed by atoms with Gasteiger partial charge in [0.05, 0.1) is 11.6 Å². The molecule has 0 saturated heterocycles. The van der Waals surface area contributed by atoms with Crippen molar-refractivity contribution in [2.45, 2.75) is 85.5 Å². The Balaban J connectivity index is 1.79. The number of nitrogens with zero attached hydrogens (tertiary/aromatic N) is 5. The molecule has 1 atom stereocenters. The van der Waals surface area contributed by atoms with Gasteiger partial charge in [-0.25, -0.2) is 4.68 Å². The highest BCUT2D eigenvalue weighted by Crippen LogP contribution is 2.32. The minimum absolute atomic E-state index is 0.0165. The summed E-state index contributed by atoms with van der Waals surface area (Å²) in [7, 11) is 0. The number of aromatic amines is 1. The molecule has 4 rings (SSSR count). The topological polar surface area (TPSA) is 79.7 Å². The smallest absolute Gasteiger partial charge is 0.252 e. The zero-order valence-electron chi connectivity index (χ0n) is 21.6. The van der Waals surface area contributed by atoms with Gasteiger partial charge < -0.3 is 4.98 Å². The normalized spacial score (nSPS) is 13.1. The lowest BCUT2D eigenvalue weighted by Crippen LogP contribution is -2.36. The Morgan fingerprint density at radius 3 is 2.66 bits per heavy atom. The molecule has 7 nitrogen and oxygen atoms in total. The lowest BCUT2D eigenvalue weighted by molar-refractivity contribution is 0.147. The van der Waals surface area contributed by atoms with Crippen molar-refractivity contribution < 1.29 is 0 Å². The van der Waals surface area contributed by atoms with Crippen molar-refractivity contribution in [3.63, 3.8) is 0 Å². The zero-order valence-corrected chi connectivity index (χ0v) is 22.4. The molecule has 1 aromatic carbocycles. The van der Waals surface area contributed by atoms with Crippen LogP contribution in [-0.2, 0) is 18.6 Å². The molecule has 35 heavy (non-hydrogen) atoms. The molecule has 0 spiro atoms. The van der Waals surface area contributed by atoms with E-state index >= 15 is 0 Å². The summed E-state index contributed by atoms with van der Waals surface area (Å²) in [4.78, 5) is 20.0. The quantitative estimate of drug-likeness (QED) is 0.299. The first-order chi connectivity index (χ1) is 16.7. The number of hydrogen-bond acceptors (Lipinski definition) is 6. The predicted molar refractivity (Wildman–Crippen MR) is 143 cm³/mol. The van der Waals surface area contributed by atoms with Crippen LogP contribution in [0.4, 0.5) is 0 Å². The SMILES string of the molecule is CCC[C@@H](c1nnnn1C(C)(C)CC)N(Cc1cccs1)Cc1cc2c(C)cc(C)cc2[nH]c1=O. The van der Waals surface area contributed by atoms with Crippen molar-refractivity contribution in [1.29, 1.82) is 0 Å². The van der Waals surface area contributed by atoms with Crippen LogP contribution in [0, 0.1) is 13.8 Å². The van der Waals surface area contributed by atoms with E-state index in [2.05, 4.69) is 96.6 Å². The van der Waals surface area contributed by atoms with Gasteiger partial charge in [-0.2, -0.15) is 0 Å². The highest BCUT2D eigenvalue weighted by molar-refractivity contribution is 7.09. The first kappa shape index (κ1) is 25.3. The van der Waals surface area contributed by atoms with E-state index in [0.29, 0.717) is 6.54 Å². The second-order valence-electron chi connectivity index (χ2n) is 10.1. The van der Waals surface area contributed by atoms with Gasteiger partial charge >= 0.3 is 0 Å². The van der Waals surface area contributed by atoms with Crippen LogP contribution in [0.25, 0.3) is 10.9 Å². The van der Waals surface area contributed by atoms with E-state index in [1.54, 1.807) is 11.3 Å². The summed E-state index contributed by atoms with van der Waals surface area (Å²) in [6.07, 6.45) is 2.80. The second kappa shape index (κ2) is 10.4. The molecule has 8 heteroatoms. The number of pyridine rings is 1. The van der Waals surface area contributed by atoms with Crippen LogP contribution in [0.1, 0.15) is 80.4 Å². The van der Waals surface area contributed by atoms with Crippen molar-refractivity contribution in [2.24, 2.45) is 0 Å². The molecule has 0 aliphatic carbocycles. The largest absolute Gasteiger partial charge is 0.322 e. The molecule has 0 fully saturated rings. The van der Waals surface area contributed by atoms with E-state index in [0.717, 1.165) is 53.7 Å². The number of H-pyrrole nitrogens is 1. The maximum absolute atomic E-state index is 13.2. The van der Waals surface area contributed by atoms with Gasteiger partial charge in [-0.05, 0) is 85.7 Å². The fourth-order valence-electron chi connectivity index (χ4n) is 4.66. The van der Waals surface area contributed by atoms with Crippen molar-refractivity contribution in [3.05, 3.63) is 73.5 Å². The number of thiophene rings is 1. The van der Waals surface area contributed by atoms with E-state index < -0.39 is 0 Å². The number of rotatable bonds is 10. The van der Waals surface area contributed by atoms with Crippen LogP contribution in [0.3, 0.4) is 0 Å². The van der Waals surface area contributed by atoms with Gasteiger partial charge in [0.25, 0.3) is 5.56 Å². The van der Waals surface area contributed by atoms with Gasteiger partial charge in [-0.3, -0.25) is 9.69 Å². The summed E-state index contributed by atoms with van der Waals surface area (Å²) in [5, 5.41) is 16.2. The van der Waals surface area contributed by atoms with Crippen molar-refractivity contribution in [3.8, 4) is 0 Å². The van der Waals surface area contributed by atoms with E-state index in [-0.39, 0.29) is 17.1 Å². The summed E-state index contributed by atoms with van der Waals surface area (Å²) in [5.41, 5.74) is 3.72. The van der Waals surface area contributed by atoms with Gasteiger partial charge in [0.2, 0.25) is 0 Å². The van der Waals surface area contributed by atoms with Crippen LogP contribution >= 0.6 is 11.3 Å². The van der Waals surface area contributed by atoms with Crippen LogP contribution in [0.5, 0.6) is 0 Å². The summed E-state index contributed by atoms with van der Waals surface area (Å²) in [6, 6.07) is 10.5. The first-order valence-electron chi connectivity index (χ1n) is 12.4. The average molecular weight is 493 g/mol. The number of aromatic nitrogens is 5. The standard InChI is InChI=1S/C27H36N6OS/c1-7-10-24(25-29-30-31-33(25)27(5,6)8-2)32(17-21-11-9-12-35-21)16-20-15-22-19(4)13-18(3)14-23(22)28-26(20)34/h9,11-15,24H,7-8,10,16-17H2,1-6H3,(H,28,34)/t24-/m0/s1. The predicted octanol–water partition coefficient (Wildman–Crippen LogP) is 5.88. The lowest BCUT2D eigenvalue weighted by atomic mass is 10.0. The maximum Gasteiger partial charge on any atom is 0.252 e. The molecular formula is C27H36N6OS. The summed E-state index contributed by atoms with van der Waals surface area (Å²) in [6.45, 7) is 14.1. The third-order valence-corrected chi connectivity index (χ3v) is 7.80. The monoisotopic (exact) mass is 492 g/mol. The molecule has 0 bridgehead atoms. The van der Waals surface area contributed by atoms with Gasteiger partial charge in [-0.1, -0.05) is 32.4 Å². The van der Waals surface area contributed by atoms with Crippen LogP contribution in [-0.4, -0.2) is 30.1 Å².